The summed E-state index contributed by atoms with van der Waals surface area (Å²) in [4.78, 5) is 13.0. The first-order chi connectivity index (χ1) is 20.4. The van der Waals surface area contributed by atoms with Crippen LogP contribution < -0.4 is 0 Å². The third kappa shape index (κ3) is 8.68. The molecule has 2 saturated carbocycles. The molecule has 1 aliphatic heterocycles. The zero-order chi connectivity index (χ0) is 32.9. The van der Waals surface area contributed by atoms with E-state index in [1.807, 2.05) is 50.3 Å². The summed E-state index contributed by atoms with van der Waals surface area (Å²) in [6.45, 7) is 20.9. The normalized spacial score (nSPS) is 33.3. The van der Waals surface area contributed by atoms with Gasteiger partial charge in [0.1, 0.15) is 0 Å². The molecule has 2 fully saturated rings. The molecule has 5 atom stereocenters. The van der Waals surface area contributed by atoms with E-state index in [1.165, 1.54) is 5.57 Å². The molecule has 3 aliphatic rings. The molecule has 1 heterocycles. The predicted octanol–water partition coefficient (Wildman–Crippen LogP) is 9.02. The highest BCUT2D eigenvalue weighted by atomic mass is 16.5. The number of ether oxygens (including phenoxy) is 1. The summed E-state index contributed by atoms with van der Waals surface area (Å²) in [7, 11) is 0. The number of aliphatic hydroxyl groups excluding tert-OH is 2. The van der Waals surface area contributed by atoms with E-state index in [9.17, 15) is 15.0 Å². The molecular weight excluding hydrogens is 544 g/mol. The van der Waals surface area contributed by atoms with Crippen LogP contribution in [0.15, 0.2) is 107 Å². The van der Waals surface area contributed by atoms with Gasteiger partial charge in [-0.05, 0) is 88.0 Å². The Balaban J connectivity index is 1.51. The Labute approximate surface area is 267 Å². The van der Waals surface area contributed by atoms with Crippen LogP contribution in [0.5, 0.6) is 0 Å². The second-order valence-corrected chi connectivity index (χ2v) is 15.0. The Kier molecular flexibility index (Phi) is 11.4. The van der Waals surface area contributed by atoms with Gasteiger partial charge in [0.2, 0.25) is 0 Å². The van der Waals surface area contributed by atoms with E-state index >= 15 is 0 Å². The fourth-order valence-corrected chi connectivity index (χ4v) is 7.09. The molecule has 2 aliphatic carbocycles. The first-order valence-corrected chi connectivity index (χ1v) is 16.1. The molecule has 0 bridgehead atoms. The quantitative estimate of drug-likeness (QED) is 0.149. The zero-order valence-electron chi connectivity index (χ0n) is 28.8. The largest absolute Gasteiger partial charge is 0.393 e. The van der Waals surface area contributed by atoms with Crippen LogP contribution in [0.2, 0.25) is 0 Å². The monoisotopic (exact) mass is 600 g/mol. The van der Waals surface area contributed by atoms with Gasteiger partial charge in [-0.15, -0.1) is 0 Å². The number of fused-ring (bicyclic) bond motifs is 1. The number of aliphatic hydroxyl groups is 2. The number of carbonyl (C=O) groups excluding carboxylic acids is 1. The average molecular weight is 601 g/mol. The lowest BCUT2D eigenvalue weighted by atomic mass is 9.65. The minimum Gasteiger partial charge on any atom is -0.393 e. The Morgan fingerprint density at radius 1 is 0.705 bits per heavy atom. The maximum Gasteiger partial charge on any atom is 0.162 e. The van der Waals surface area contributed by atoms with Crippen LogP contribution in [0, 0.1) is 16.2 Å². The maximum absolute atomic E-state index is 13.0. The van der Waals surface area contributed by atoms with Crippen molar-refractivity contribution in [3.05, 3.63) is 107 Å². The SMILES string of the molecule is CC(C=CC=C(C)C=CC(=O)C1(C)CC(O)CC1(C)C)=CC=CC(C)=C/C=C/C=C(\C)C1C=C2C(C)(C)CC(O)CC2(C)O1. The van der Waals surface area contributed by atoms with Crippen molar-refractivity contribution in [2.24, 2.45) is 16.2 Å². The van der Waals surface area contributed by atoms with E-state index in [0.717, 1.165) is 28.7 Å². The highest BCUT2D eigenvalue weighted by molar-refractivity contribution is 5.95. The Bertz CT molecular complexity index is 1360. The lowest BCUT2D eigenvalue weighted by molar-refractivity contribution is -0.127. The number of allylic oxidation sites excluding steroid dienone is 15. The molecule has 0 amide bonds. The summed E-state index contributed by atoms with van der Waals surface area (Å²) < 4.78 is 6.45. The number of hydrogen-bond donors (Lipinski definition) is 2. The molecule has 0 aromatic carbocycles. The van der Waals surface area contributed by atoms with Crippen molar-refractivity contribution in [3.8, 4) is 0 Å². The van der Waals surface area contributed by atoms with Crippen LogP contribution in [-0.4, -0.2) is 39.9 Å². The summed E-state index contributed by atoms with van der Waals surface area (Å²) in [5.74, 6) is 0.0828. The van der Waals surface area contributed by atoms with Crippen LogP contribution in [-0.2, 0) is 9.53 Å². The van der Waals surface area contributed by atoms with Gasteiger partial charge in [-0.3, -0.25) is 4.79 Å². The predicted molar refractivity (Wildman–Crippen MR) is 184 cm³/mol. The Hall–Kier alpha value is -2.79. The summed E-state index contributed by atoms with van der Waals surface area (Å²) in [6, 6.07) is 0. The second kappa shape index (κ2) is 14.1. The second-order valence-electron chi connectivity index (χ2n) is 15.0. The molecule has 0 radical (unpaired) electrons. The van der Waals surface area contributed by atoms with Gasteiger partial charge in [-0.25, -0.2) is 0 Å². The van der Waals surface area contributed by atoms with Crippen molar-refractivity contribution in [3.63, 3.8) is 0 Å². The van der Waals surface area contributed by atoms with Crippen molar-refractivity contribution in [2.45, 2.75) is 119 Å². The highest BCUT2D eigenvalue weighted by Gasteiger charge is 2.53. The first kappa shape index (κ1) is 35.7. The van der Waals surface area contributed by atoms with E-state index in [4.69, 9.17) is 4.74 Å². The number of rotatable bonds is 10. The lowest BCUT2D eigenvalue weighted by Crippen LogP contribution is -2.45. The van der Waals surface area contributed by atoms with Gasteiger partial charge >= 0.3 is 0 Å². The van der Waals surface area contributed by atoms with E-state index in [0.29, 0.717) is 19.3 Å². The minimum atomic E-state index is -0.536. The molecule has 0 aromatic heterocycles. The standard InChI is InChI=1S/C40H56O4/c1-28(15-11-12-20-31(4)34-23-35-37(5,6)24-32(41)27-40(35,10)44-34)16-13-17-29(2)18-14-19-30(3)21-22-36(43)39(9)26-33(42)25-38(39,7)8/h11-23,32-34,41-42H,24-27H2,1-10H3/b12-11+,16-13?,18-14?,22-21?,28-15?,29-17?,30-19?,31-20+. The molecule has 0 aromatic rings. The first-order valence-electron chi connectivity index (χ1n) is 16.1. The fraction of sp³-hybridized carbons (Fsp3) is 0.525. The van der Waals surface area contributed by atoms with Crippen LogP contribution in [0.4, 0.5) is 0 Å². The number of ketones is 1. The molecule has 240 valence electrons. The van der Waals surface area contributed by atoms with Gasteiger partial charge in [0.25, 0.3) is 0 Å². The van der Waals surface area contributed by atoms with Gasteiger partial charge in [0.05, 0.1) is 23.9 Å². The van der Waals surface area contributed by atoms with Gasteiger partial charge in [-0.1, -0.05) is 118 Å². The van der Waals surface area contributed by atoms with E-state index < -0.39 is 17.1 Å². The zero-order valence-corrected chi connectivity index (χ0v) is 28.8. The molecule has 2 N–H and O–H groups in total. The maximum atomic E-state index is 13.0. The van der Waals surface area contributed by atoms with E-state index in [-0.39, 0.29) is 28.8 Å². The van der Waals surface area contributed by atoms with Crippen LogP contribution in [0.3, 0.4) is 0 Å². The lowest BCUT2D eigenvalue weighted by Gasteiger charge is -2.44. The number of carbonyl (C=O) groups is 1. The van der Waals surface area contributed by atoms with E-state index in [2.05, 4.69) is 91.8 Å². The molecule has 0 saturated heterocycles. The van der Waals surface area contributed by atoms with Gasteiger partial charge in [0.15, 0.2) is 5.78 Å². The molecular formula is C40H56O4. The minimum absolute atomic E-state index is 0.0574. The Morgan fingerprint density at radius 2 is 1.23 bits per heavy atom. The van der Waals surface area contributed by atoms with Gasteiger partial charge in [-0.2, -0.15) is 0 Å². The van der Waals surface area contributed by atoms with Gasteiger partial charge < -0.3 is 14.9 Å². The summed E-state index contributed by atoms with van der Waals surface area (Å²) >= 11 is 0. The average Bonchev–Trinajstić information content (AvgIpc) is 3.37. The third-order valence-corrected chi connectivity index (χ3v) is 10.0. The summed E-state index contributed by atoms with van der Waals surface area (Å²) in [6.07, 6.45) is 28.1. The molecule has 44 heavy (non-hydrogen) atoms. The van der Waals surface area contributed by atoms with Crippen molar-refractivity contribution < 1.29 is 19.7 Å². The molecule has 4 heteroatoms. The van der Waals surface area contributed by atoms with Gasteiger partial charge in [0, 0.05) is 11.8 Å². The van der Waals surface area contributed by atoms with Crippen molar-refractivity contribution in [1.29, 1.82) is 0 Å². The Morgan fingerprint density at radius 3 is 1.80 bits per heavy atom. The van der Waals surface area contributed by atoms with Crippen molar-refractivity contribution in [1.82, 2.24) is 0 Å². The van der Waals surface area contributed by atoms with Crippen molar-refractivity contribution in [2.75, 3.05) is 0 Å². The van der Waals surface area contributed by atoms with Crippen LogP contribution in [0.25, 0.3) is 0 Å². The molecule has 4 nitrogen and oxygen atoms in total. The van der Waals surface area contributed by atoms with Crippen LogP contribution >= 0.6 is 0 Å². The summed E-state index contributed by atoms with van der Waals surface area (Å²) in [5, 5.41) is 20.5. The van der Waals surface area contributed by atoms with E-state index in [1.54, 1.807) is 6.08 Å². The smallest absolute Gasteiger partial charge is 0.162 e. The fourth-order valence-electron chi connectivity index (χ4n) is 7.09. The molecule has 5 unspecified atom stereocenters. The molecule has 0 spiro atoms. The number of hydrogen-bond acceptors (Lipinski definition) is 4. The van der Waals surface area contributed by atoms with Crippen molar-refractivity contribution >= 4 is 5.78 Å². The highest BCUT2D eigenvalue weighted by Crippen LogP contribution is 2.53. The molecule has 3 rings (SSSR count). The summed E-state index contributed by atoms with van der Waals surface area (Å²) in [5.41, 5.74) is 4.53. The third-order valence-electron chi connectivity index (χ3n) is 10.0. The van der Waals surface area contributed by atoms with Crippen LogP contribution in [0.1, 0.15) is 94.9 Å². The topological polar surface area (TPSA) is 66.8 Å².